The molecule has 0 radical (unpaired) electrons. The largest absolute Gasteiger partial charge is 0.410 e. The minimum atomic E-state index is -0.870. The van der Waals surface area contributed by atoms with Crippen molar-refractivity contribution in [2.24, 2.45) is 11.7 Å². The topological polar surface area (TPSA) is 112 Å². The van der Waals surface area contributed by atoms with Gasteiger partial charge in [0.1, 0.15) is 10.8 Å². The number of ether oxygens (including phenoxy) is 2. The number of rotatable bonds is 7. The van der Waals surface area contributed by atoms with Gasteiger partial charge in [0.2, 0.25) is 0 Å². The minimum absolute atomic E-state index is 0.0965. The van der Waals surface area contributed by atoms with Crippen molar-refractivity contribution in [3.05, 3.63) is 70.1 Å². The van der Waals surface area contributed by atoms with Crippen LogP contribution in [0.1, 0.15) is 12.8 Å². The zero-order valence-electron chi connectivity index (χ0n) is 18.7. The molecule has 0 saturated carbocycles. The van der Waals surface area contributed by atoms with Crippen LogP contribution in [0.25, 0.3) is 5.69 Å². The Bertz CT molecular complexity index is 1210. The number of nitrogens with zero attached hydrogens (tertiary/aromatic N) is 3. The molecule has 1 atom stereocenters. The number of nitrogens with one attached hydrogen (secondary N) is 1. The van der Waals surface area contributed by atoms with Gasteiger partial charge in [0, 0.05) is 37.6 Å². The van der Waals surface area contributed by atoms with E-state index in [0.29, 0.717) is 36.2 Å². The number of halogens is 1. The number of anilines is 3. The Morgan fingerprint density at radius 1 is 1.29 bits per heavy atom. The Morgan fingerprint density at radius 3 is 2.79 bits per heavy atom. The van der Waals surface area contributed by atoms with E-state index in [0.717, 1.165) is 30.8 Å². The van der Waals surface area contributed by atoms with E-state index in [1.807, 2.05) is 30.1 Å². The molecule has 9 nitrogen and oxygen atoms in total. The summed E-state index contributed by atoms with van der Waals surface area (Å²) in [4.78, 5) is 25.8. The van der Waals surface area contributed by atoms with Crippen LogP contribution >= 0.6 is 11.6 Å². The van der Waals surface area contributed by atoms with E-state index in [-0.39, 0.29) is 5.02 Å². The molecule has 3 N–H and O–H groups in total. The van der Waals surface area contributed by atoms with Crippen LogP contribution in [-0.4, -0.2) is 42.7 Å². The smallest absolute Gasteiger partial charge is 0.409 e. The quantitative estimate of drug-likeness (QED) is 0.523. The normalized spacial score (nSPS) is 15.5. The van der Waals surface area contributed by atoms with E-state index >= 15 is 0 Å². The molecule has 4 rings (SSSR count). The molecule has 2 heterocycles. The lowest BCUT2D eigenvalue weighted by Gasteiger charge is -2.23. The van der Waals surface area contributed by atoms with Gasteiger partial charge in [0.15, 0.2) is 0 Å². The fraction of sp³-hybridized carbons (Fsp3) is 0.292. The molecule has 178 valence electrons. The molecular formula is C24H26ClN5O4. The van der Waals surface area contributed by atoms with Gasteiger partial charge in [-0.1, -0.05) is 17.7 Å². The Hall–Kier alpha value is -3.56. The number of nitrogens with two attached hydrogens (primary N) is 1. The monoisotopic (exact) mass is 483 g/mol. The highest BCUT2D eigenvalue weighted by atomic mass is 35.5. The van der Waals surface area contributed by atoms with Crippen LogP contribution in [0.3, 0.4) is 0 Å². The summed E-state index contributed by atoms with van der Waals surface area (Å²) < 4.78 is 11.7. The second-order valence-electron chi connectivity index (χ2n) is 8.05. The predicted octanol–water partition coefficient (Wildman–Crippen LogP) is 3.95. The zero-order chi connectivity index (χ0) is 24.1. The molecule has 0 unspecified atom stereocenters. The number of aromatic nitrogens is 2. The molecule has 0 spiro atoms. The molecule has 0 aliphatic carbocycles. The maximum atomic E-state index is 12.8. The number of primary amides is 1. The number of carbonyl (C=O) groups is 1. The summed E-state index contributed by atoms with van der Waals surface area (Å²) in [6.45, 7) is 2.19. The van der Waals surface area contributed by atoms with Crippen molar-refractivity contribution in [2.75, 3.05) is 37.0 Å². The maximum absolute atomic E-state index is 12.8. The molecular weight excluding hydrogens is 458 g/mol. The van der Waals surface area contributed by atoms with Gasteiger partial charge in [-0.2, -0.15) is 9.78 Å². The summed E-state index contributed by atoms with van der Waals surface area (Å²) in [5.41, 5.74) is 7.44. The van der Waals surface area contributed by atoms with Gasteiger partial charge >= 0.3 is 6.09 Å². The van der Waals surface area contributed by atoms with E-state index in [9.17, 15) is 9.59 Å². The third kappa shape index (κ3) is 5.49. The number of hydrogen-bond donors (Lipinski definition) is 2. The van der Waals surface area contributed by atoms with Crippen LogP contribution < -0.4 is 26.2 Å². The van der Waals surface area contributed by atoms with Crippen molar-refractivity contribution in [2.45, 2.75) is 12.8 Å². The molecule has 1 aromatic heterocycles. The van der Waals surface area contributed by atoms with Crippen molar-refractivity contribution in [1.82, 2.24) is 9.78 Å². The molecule has 1 saturated heterocycles. The lowest BCUT2D eigenvalue weighted by atomic mass is 10.0. The standard InChI is InChI=1S/C24H26ClN5O4/c1-29(19-5-2-6-20(12-19)34-24(26)32)17-7-9-18(10-8-17)30-23(31)22(25)21(14-28-30)27-13-16-4-3-11-33-15-16/h2,5-10,12,14,16,27H,3-4,11,13,15H2,1H3,(H2,26,32)/t16-/m1/s1. The van der Waals surface area contributed by atoms with Gasteiger partial charge in [-0.3, -0.25) is 4.79 Å². The second kappa shape index (κ2) is 10.6. The minimum Gasteiger partial charge on any atom is -0.410 e. The molecule has 1 fully saturated rings. The Morgan fingerprint density at radius 2 is 2.09 bits per heavy atom. The lowest BCUT2D eigenvalue weighted by molar-refractivity contribution is 0.0595. The van der Waals surface area contributed by atoms with E-state index in [1.54, 1.807) is 36.5 Å². The molecule has 1 aliphatic heterocycles. The third-order valence-corrected chi connectivity index (χ3v) is 6.02. The van der Waals surface area contributed by atoms with Crippen LogP contribution in [-0.2, 0) is 4.74 Å². The summed E-state index contributed by atoms with van der Waals surface area (Å²) in [6.07, 6.45) is 2.82. The summed E-state index contributed by atoms with van der Waals surface area (Å²) in [6, 6.07) is 14.3. The molecule has 1 aliphatic rings. The van der Waals surface area contributed by atoms with Crippen molar-refractivity contribution in [3.63, 3.8) is 0 Å². The molecule has 10 heteroatoms. The van der Waals surface area contributed by atoms with Gasteiger partial charge in [-0.25, -0.2) is 4.79 Å². The van der Waals surface area contributed by atoms with Crippen molar-refractivity contribution in [1.29, 1.82) is 0 Å². The summed E-state index contributed by atoms with van der Waals surface area (Å²) in [5, 5.41) is 7.62. The van der Waals surface area contributed by atoms with E-state index < -0.39 is 11.7 Å². The highest BCUT2D eigenvalue weighted by molar-refractivity contribution is 6.32. The van der Waals surface area contributed by atoms with Gasteiger partial charge in [-0.05, 0) is 55.2 Å². The van der Waals surface area contributed by atoms with Gasteiger partial charge < -0.3 is 25.4 Å². The van der Waals surface area contributed by atoms with Crippen LogP contribution in [0, 0.1) is 5.92 Å². The first-order chi connectivity index (χ1) is 16.4. The molecule has 34 heavy (non-hydrogen) atoms. The second-order valence-corrected chi connectivity index (χ2v) is 8.43. The number of hydrogen-bond acceptors (Lipinski definition) is 7. The van der Waals surface area contributed by atoms with Crippen LogP contribution in [0.15, 0.2) is 59.5 Å². The van der Waals surface area contributed by atoms with Gasteiger partial charge in [0.05, 0.1) is 24.2 Å². The van der Waals surface area contributed by atoms with Crippen molar-refractivity contribution >= 4 is 34.8 Å². The number of carbonyl (C=O) groups excluding carboxylic acids is 1. The number of amides is 1. The summed E-state index contributed by atoms with van der Waals surface area (Å²) in [7, 11) is 1.87. The molecule has 3 aromatic rings. The van der Waals surface area contributed by atoms with E-state index in [2.05, 4.69) is 10.4 Å². The SMILES string of the molecule is CN(c1ccc(-n2ncc(NC[C@H]3CCCOC3)c(Cl)c2=O)cc1)c1cccc(OC(N)=O)c1. The predicted molar refractivity (Wildman–Crippen MR) is 132 cm³/mol. The average molecular weight is 484 g/mol. The fourth-order valence-corrected chi connectivity index (χ4v) is 4.00. The molecule has 1 amide bonds. The highest BCUT2D eigenvalue weighted by Gasteiger charge is 2.16. The summed E-state index contributed by atoms with van der Waals surface area (Å²) in [5.74, 6) is 0.739. The maximum Gasteiger partial charge on any atom is 0.409 e. The van der Waals surface area contributed by atoms with Crippen molar-refractivity contribution in [3.8, 4) is 11.4 Å². The first kappa shape index (κ1) is 23.6. The van der Waals surface area contributed by atoms with Gasteiger partial charge in [-0.15, -0.1) is 0 Å². The highest BCUT2D eigenvalue weighted by Crippen LogP contribution is 2.28. The number of benzene rings is 2. The zero-order valence-corrected chi connectivity index (χ0v) is 19.5. The van der Waals surface area contributed by atoms with Crippen molar-refractivity contribution < 1.29 is 14.3 Å². The molecule has 0 bridgehead atoms. The van der Waals surface area contributed by atoms with Crippen LogP contribution in [0.4, 0.5) is 21.9 Å². The van der Waals surface area contributed by atoms with E-state index in [1.165, 1.54) is 4.68 Å². The third-order valence-electron chi connectivity index (χ3n) is 5.66. The van der Waals surface area contributed by atoms with Crippen LogP contribution in [0.2, 0.25) is 5.02 Å². The summed E-state index contributed by atoms with van der Waals surface area (Å²) >= 11 is 6.36. The average Bonchev–Trinajstić information content (AvgIpc) is 2.85. The molecule has 2 aromatic carbocycles. The van der Waals surface area contributed by atoms with Gasteiger partial charge in [0.25, 0.3) is 5.56 Å². The van der Waals surface area contributed by atoms with Crippen LogP contribution in [0.5, 0.6) is 5.75 Å². The first-order valence-corrected chi connectivity index (χ1v) is 11.3. The fourth-order valence-electron chi connectivity index (χ4n) is 3.80. The Labute approximate surface area is 202 Å². The van der Waals surface area contributed by atoms with E-state index in [4.69, 9.17) is 26.8 Å². The first-order valence-electron chi connectivity index (χ1n) is 10.9. The Kier molecular flexibility index (Phi) is 7.34. The Balaban J connectivity index is 1.48. The lowest BCUT2D eigenvalue weighted by Crippen LogP contribution is -2.26.